The number of aryl methyl sites for hydroxylation is 2. The van der Waals surface area contributed by atoms with Crippen molar-refractivity contribution in [2.24, 2.45) is 7.05 Å². The van der Waals surface area contributed by atoms with Crippen LogP contribution in [0.2, 0.25) is 0 Å². The van der Waals surface area contributed by atoms with E-state index in [9.17, 15) is 23.2 Å². The third-order valence-electron chi connectivity index (χ3n) is 6.69. The molecule has 10 heteroatoms. The summed E-state index contributed by atoms with van der Waals surface area (Å²) in [4.78, 5) is 38.8. The molecule has 0 spiro atoms. The number of alkyl halides is 2. The van der Waals surface area contributed by atoms with Crippen LogP contribution in [0.15, 0.2) is 71.8 Å². The van der Waals surface area contributed by atoms with Gasteiger partial charge in [-0.1, -0.05) is 24.3 Å². The van der Waals surface area contributed by atoms with Gasteiger partial charge in [0, 0.05) is 43.7 Å². The van der Waals surface area contributed by atoms with Gasteiger partial charge in [0.15, 0.2) is 0 Å². The first-order valence-corrected chi connectivity index (χ1v) is 11.8. The third kappa shape index (κ3) is 4.39. The van der Waals surface area contributed by atoms with E-state index >= 15 is 0 Å². The van der Waals surface area contributed by atoms with Crippen molar-refractivity contribution < 1.29 is 18.4 Å². The van der Waals surface area contributed by atoms with Crippen molar-refractivity contribution in [1.82, 2.24) is 19.7 Å². The van der Waals surface area contributed by atoms with Crippen molar-refractivity contribution in [3.63, 3.8) is 0 Å². The van der Waals surface area contributed by atoms with Gasteiger partial charge in [-0.15, -0.1) is 0 Å². The van der Waals surface area contributed by atoms with Crippen molar-refractivity contribution in [1.29, 1.82) is 0 Å². The van der Waals surface area contributed by atoms with Crippen LogP contribution in [0.1, 0.15) is 30.5 Å². The molecule has 0 radical (unpaired) electrons. The van der Waals surface area contributed by atoms with Gasteiger partial charge in [-0.2, -0.15) is 13.9 Å². The molecule has 0 unspecified atom stereocenters. The molecule has 0 saturated carbocycles. The lowest BCUT2D eigenvalue weighted by Gasteiger charge is -2.30. The molecule has 1 saturated heterocycles. The summed E-state index contributed by atoms with van der Waals surface area (Å²) in [6, 6.07) is 14.4. The summed E-state index contributed by atoms with van der Waals surface area (Å²) in [5.74, 6) is -5.27. The van der Waals surface area contributed by atoms with Crippen LogP contribution >= 0.6 is 0 Å². The number of rotatable bonds is 5. The summed E-state index contributed by atoms with van der Waals surface area (Å²) in [7, 11) is 1.66. The highest BCUT2D eigenvalue weighted by molar-refractivity contribution is 6.00. The van der Waals surface area contributed by atoms with Crippen molar-refractivity contribution >= 4 is 28.4 Å². The number of carbonyl (C=O) groups excluding carboxylic acids is 2. The highest BCUT2D eigenvalue weighted by Crippen LogP contribution is 2.40. The second-order valence-electron chi connectivity index (χ2n) is 9.37. The highest BCUT2D eigenvalue weighted by Gasteiger charge is 2.45. The molecule has 1 fully saturated rings. The summed E-state index contributed by atoms with van der Waals surface area (Å²) in [6.07, 6.45) is 3.22. The first-order chi connectivity index (χ1) is 17.5. The summed E-state index contributed by atoms with van der Waals surface area (Å²) in [6.45, 7) is 2.42. The molecular formula is C27H25F2N5O3. The van der Waals surface area contributed by atoms with Crippen LogP contribution in [-0.4, -0.2) is 38.1 Å². The maximum atomic E-state index is 13.7. The third-order valence-corrected chi connectivity index (χ3v) is 6.69. The Labute approximate surface area is 211 Å². The van der Waals surface area contributed by atoms with E-state index in [2.05, 4.69) is 10.4 Å². The van der Waals surface area contributed by atoms with E-state index in [0.717, 1.165) is 22.0 Å². The van der Waals surface area contributed by atoms with E-state index in [1.165, 1.54) is 10.6 Å². The molecule has 4 aromatic rings. The Morgan fingerprint density at radius 3 is 2.51 bits per heavy atom. The summed E-state index contributed by atoms with van der Waals surface area (Å²) in [5.41, 5.74) is 3.52. The van der Waals surface area contributed by atoms with Crippen molar-refractivity contribution in [3.05, 3.63) is 88.5 Å². The van der Waals surface area contributed by atoms with Gasteiger partial charge < -0.3 is 14.8 Å². The maximum absolute atomic E-state index is 13.7. The molecule has 2 amide bonds. The number of hydrogen-bond acceptors (Lipinski definition) is 4. The normalized spacial score (nSPS) is 18.0. The van der Waals surface area contributed by atoms with Gasteiger partial charge in [0.05, 0.1) is 29.5 Å². The zero-order valence-corrected chi connectivity index (χ0v) is 20.5. The first-order valence-electron chi connectivity index (χ1n) is 11.8. The van der Waals surface area contributed by atoms with Crippen LogP contribution in [0.4, 0.5) is 14.5 Å². The fourth-order valence-corrected chi connectivity index (χ4v) is 4.82. The highest BCUT2D eigenvalue weighted by atomic mass is 19.3. The number of halogens is 2. The topological polar surface area (TPSA) is 89.2 Å². The van der Waals surface area contributed by atoms with Gasteiger partial charge in [0.2, 0.25) is 11.5 Å². The van der Waals surface area contributed by atoms with Crippen LogP contribution < -0.4 is 15.8 Å². The summed E-state index contributed by atoms with van der Waals surface area (Å²) < 4.78 is 30.6. The van der Waals surface area contributed by atoms with E-state index in [-0.39, 0.29) is 17.9 Å². The molecule has 190 valence electrons. The molecule has 5 rings (SSSR count). The Hall–Kier alpha value is -4.34. The molecular weight excluding hydrogens is 480 g/mol. The number of amides is 2. The first kappa shape index (κ1) is 24.4. The van der Waals surface area contributed by atoms with Gasteiger partial charge in [-0.25, -0.2) is 4.68 Å². The molecule has 8 nitrogen and oxygen atoms in total. The lowest BCUT2D eigenvalue weighted by atomic mass is 9.95. The van der Waals surface area contributed by atoms with Gasteiger partial charge in [-0.05, 0) is 42.3 Å². The van der Waals surface area contributed by atoms with E-state index in [4.69, 9.17) is 0 Å². The number of pyridine rings is 1. The Morgan fingerprint density at radius 1 is 1.08 bits per heavy atom. The molecule has 1 N–H and O–H groups in total. The lowest BCUT2D eigenvalue weighted by molar-refractivity contribution is -0.143. The number of nitrogens with zero attached hydrogens (tertiary/aromatic N) is 4. The molecule has 0 aliphatic carbocycles. The molecule has 37 heavy (non-hydrogen) atoms. The van der Waals surface area contributed by atoms with Crippen molar-refractivity contribution in [3.8, 4) is 5.69 Å². The Balaban J connectivity index is 1.57. The number of carbonyl (C=O) groups is 2. The van der Waals surface area contributed by atoms with Crippen LogP contribution in [0, 0.1) is 6.92 Å². The van der Waals surface area contributed by atoms with E-state index in [1.807, 2.05) is 43.3 Å². The predicted molar refractivity (Wildman–Crippen MR) is 135 cm³/mol. The Bertz CT molecular complexity index is 1590. The van der Waals surface area contributed by atoms with Gasteiger partial charge >= 0.3 is 5.92 Å². The van der Waals surface area contributed by atoms with E-state index in [0.29, 0.717) is 18.3 Å². The quantitative estimate of drug-likeness (QED) is 0.449. The lowest BCUT2D eigenvalue weighted by Crippen LogP contribution is -2.46. The van der Waals surface area contributed by atoms with Crippen LogP contribution in [-0.2, 0) is 16.6 Å². The minimum absolute atomic E-state index is 0.115. The zero-order valence-electron chi connectivity index (χ0n) is 20.5. The molecule has 1 aliphatic heterocycles. The number of nitrogens with one attached hydrogen (secondary N) is 1. The second-order valence-corrected chi connectivity index (χ2v) is 9.37. The number of anilines is 1. The number of benzene rings is 2. The minimum atomic E-state index is -3.57. The number of aromatic nitrogens is 3. The van der Waals surface area contributed by atoms with E-state index in [1.54, 1.807) is 41.2 Å². The predicted octanol–water partition coefficient (Wildman–Crippen LogP) is 3.65. The molecule has 0 bridgehead atoms. The fourth-order valence-electron chi connectivity index (χ4n) is 4.82. The minimum Gasteiger partial charge on any atom is -0.345 e. The van der Waals surface area contributed by atoms with Crippen molar-refractivity contribution in [2.75, 3.05) is 4.90 Å². The zero-order chi connectivity index (χ0) is 26.5. The van der Waals surface area contributed by atoms with E-state index < -0.39 is 23.9 Å². The monoisotopic (exact) mass is 505 g/mol. The average molecular weight is 506 g/mol. The molecule has 2 aromatic heterocycles. The maximum Gasteiger partial charge on any atom is 0.321 e. The smallest absolute Gasteiger partial charge is 0.321 e. The van der Waals surface area contributed by atoms with Gasteiger partial charge in [0.1, 0.15) is 0 Å². The Kier molecular flexibility index (Phi) is 5.89. The molecule has 2 aromatic carbocycles. The van der Waals surface area contributed by atoms with Crippen LogP contribution in [0.3, 0.4) is 0 Å². The SMILES string of the molecule is Cc1ccccc1[C@H]1[C@H](NC(=O)C(C)(F)F)CC(=O)N1c1ccc2c(cnn2-c2ccc(=O)n(C)c2)c1. The molecule has 2 atom stereocenters. The van der Waals surface area contributed by atoms with Gasteiger partial charge in [0.25, 0.3) is 5.91 Å². The van der Waals surface area contributed by atoms with Crippen LogP contribution in [0.5, 0.6) is 0 Å². The number of hydrogen-bond donors (Lipinski definition) is 1. The largest absolute Gasteiger partial charge is 0.345 e. The molecule has 3 heterocycles. The average Bonchev–Trinajstić information content (AvgIpc) is 3.40. The Morgan fingerprint density at radius 2 is 1.81 bits per heavy atom. The fraction of sp³-hybridized carbons (Fsp3) is 0.259. The molecule has 1 aliphatic rings. The number of fused-ring (bicyclic) bond motifs is 1. The summed E-state index contributed by atoms with van der Waals surface area (Å²) in [5, 5.41) is 7.60. The van der Waals surface area contributed by atoms with Crippen LogP contribution in [0.25, 0.3) is 16.6 Å². The summed E-state index contributed by atoms with van der Waals surface area (Å²) >= 11 is 0. The second kappa shape index (κ2) is 8.95. The standard InChI is InChI=1S/C27H25F2N5O3/c1-16-6-4-5-7-20(16)25-21(31-26(37)27(2,28)29)13-24(36)33(25)18-8-10-22-17(12-18)14-30-34(22)19-9-11-23(35)32(3)15-19/h4-12,14-15,21,25H,13H2,1-3H3,(H,31,37)/t21-,25+/m1/s1. The van der Waals surface area contributed by atoms with Gasteiger partial charge in [-0.3, -0.25) is 14.4 Å². The van der Waals surface area contributed by atoms with Crippen molar-refractivity contribution in [2.45, 2.75) is 38.3 Å².